The quantitative estimate of drug-likeness (QED) is 0.111. The van der Waals surface area contributed by atoms with Crippen LogP contribution in [0, 0.1) is 5.41 Å². The summed E-state index contributed by atoms with van der Waals surface area (Å²) >= 11 is 0. The zero-order valence-electron chi connectivity index (χ0n) is 11.9. The van der Waals surface area contributed by atoms with Crippen molar-refractivity contribution in [3.63, 3.8) is 0 Å². The van der Waals surface area contributed by atoms with E-state index in [1.54, 1.807) is 0 Å². The molecule has 23 heavy (non-hydrogen) atoms. The van der Waals surface area contributed by atoms with Gasteiger partial charge < -0.3 is 35.9 Å². The van der Waals surface area contributed by atoms with Crippen LogP contribution < -0.4 is 5.73 Å². The lowest BCUT2D eigenvalue weighted by atomic mass is 9.96. The maximum Gasteiger partial charge on any atom is 0.345 e. The van der Waals surface area contributed by atoms with Crippen molar-refractivity contribution in [3.05, 3.63) is 0 Å². The number of nitrogens with one attached hydrogen (secondary N) is 1. The summed E-state index contributed by atoms with van der Waals surface area (Å²) in [7, 11) is 1.44. The summed E-state index contributed by atoms with van der Waals surface area (Å²) in [5, 5.41) is 48.5. The Balaban J connectivity index is 0. The van der Waals surface area contributed by atoms with Crippen LogP contribution in [-0.2, 0) is 24.1 Å². The van der Waals surface area contributed by atoms with E-state index in [0.29, 0.717) is 0 Å². The summed E-state index contributed by atoms with van der Waals surface area (Å²) in [6.07, 6.45) is -2.32. The third-order valence-electron chi connectivity index (χ3n) is 2.16. The molecule has 0 aliphatic rings. The zero-order chi connectivity index (χ0) is 18.8. The van der Waals surface area contributed by atoms with Crippen LogP contribution in [-0.4, -0.2) is 79.6 Å². The van der Waals surface area contributed by atoms with Crippen LogP contribution >= 0.6 is 0 Å². The van der Waals surface area contributed by atoms with Gasteiger partial charge in [0.2, 0.25) is 0 Å². The van der Waals surface area contributed by atoms with Crippen molar-refractivity contribution in [2.45, 2.75) is 18.4 Å². The van der Waals surface area contributed by atoms with Crippen LogP contribution in [0.25, 0.3) is 0 Å². The number of nitrogens with two attached hydrogens (primary N) is 1. The van der Waals surface area contributed by atoms with Gasteiger partial charge in [-0.3, -0.25) is 15.0 Å². The maximum absolute atomic E-state index is 10.4. The van der Waals surface area contributed by atoms with Crippen LogP contribution in [0.1, 0.15) is 12.8 Å². The number of carboxylic acids is 3. The molecule has 132 valence electrons. The Kier molecular flexibility index (Phi) is 9.63. The minimum atomic E-state index is -2.77. The van der Waals surface area contributed by atoms with E-state index < -0.39 is 42.3 Å². The number of aliphatic carboxylic acids is 3. The standard InChI is InChI=1S/C6H8O8.C4H9N3O2/c7-3(8)1-6(12,5(10)11)2-4(9)14-13;1-7(4(5)6)2-3(8)9/h12-13H,1-2H2,(H,7,8)(H,10,11);2H2,1H3,(H3,5,6)(H,8,9). The minimum absolute atomic E-state index is 0.227. The van der Waals surface area contributed by atoms with E-state index in [1.165, 1.54) is 7.05 Å². The molecule has 0 amide bonds. The molecule has 1 unspecified atom stereocenters. The monoisotopic (exact) mass is 339 g/mol. The Bertz CT molecular complexity index is 480. The lowest BCUT2D eigenvalue weighted by Gasteiger charge is -2.18. The van der Waals surface area contributed by atoms with E-state index in [4.69, 9.17) is 36.8 Å². The highest BCUT2D eigenvalue weighted by atomic mass is 17.1. The van der Waals surface area contributed by atoms with Crippen LogP contribution in [0.3, 0.4) is 0 Å². The van der Waals surface area contributed by atoms with Crippen molar-refractivity contribution < 1.29 is 49.7 Å². The van der Waals surface area contributed by atoms with Crippen LogP contribution in [0.4, 0.5) is 0 Å². The Hall–Kier alpha value is -2.93. The fraction of sp³-hybridized carbons (Fsp3) is 0.500. The molecule has 0 saturated heterocycles. The summed E-state index contributed by atoms with van der Waals surface area (Å²) in [5.74, 6) is -6.15. The van der Waals surface area contributed by atoms with Crippen molar-refractivity contribution in [1.82, 2.24) is 4.90 Å². The number of aliphatic hydroxyl groups is 1. The molecule has 0 aliphatic carbocycles. The number of carbonyl (C=O) groups is 4. The second-order valence-corrected chi connectivity index (χ2v) is 4.18. The normalized spacial score (nSPS) is 12.0. The van der Waals surface area contributed by atoms with Gasteiger partial charge in [0.25, 0.3) is 0 Å². The number of carboxylic acid groups (broad SMARTS) is 3. The van der Waals surface area contributed by atoms with Gasteiger partial charge in [0, 0.05) is 7.05 Å². The topological polar surface area (TPSA) is 232 Å². The maximum atomic E-state index is 10.4. The molecular weight excluding hydrogens is 322 g/mol. The second-order valence-electron chi connectivity index (χ2n) is 4.18. The smallest absolute Gasteiger partial charge is 0.345 e. The Morgan fingerprint density at radius 1 is 1.13 bits per heavy atom. The molecule has 13 nitrogen and oxygen atoms in total. The van der Waals surface area contributed by atoms with E-state index >= 15 is 0 Å². The first kappa shape index (κ1) is 22.4. The number of hydrogen-bond acceptors (Lipinski definition) is 8. The van der Waals surface area contributed by atoms with Gasteiger partial charge >= 0.3 is 23.9 Å². The van der Waals surface area contributed by atoms with Crippen LogP contribution in [0.15, 0.2) is 0 Å². The summed E-state index contributed by atoms with van der Waals surface area (Å²) in [4.78, 5) is 45.2. The van der Waals surface area contributed by atoms with Gasteiger partial charge in [-0.2, -0.15) is 5.26 Å². The number of rotatable bonds is 7. The molecule has 0 aromatic rings. The number of likely N-dealkylation sites (N-methyl/N-ethyl adjacent to an activating group) is 1. The number of guanidine groups is 1. The predicted molar refractivity (Wildman–Crippen MR) is 70.4 cm³/mol. The van der Waals surface area contributed by atoms with Gasteiger partial charge in [-0.1, -0.05) is 0 Å². The zero-order valence-corrected chi connectivity index (χ0v) is 11.9. The molecular formula is C10H17N3O10. The van der Waals surface area contributed by atoms with E-state index in [2.05, 4.69) is 4.89 Å². The fourth-order valence-corrected chi connectivity index (χ4v) is 1.02. The summed E-state index contributed by atoms with van der Waals surface area (Å²) in [6, 6.07) is 0. The van der Waals surface area contributed by atoms with Gasteiger partial charge in [0.05, 0.1) is 12.8 Å². The molecule has 0 fully saturated rings. The van der Waals surface area contributed by atoms with Crippen molar-refractivity contribution in [1.29, 1.82) is 5.41 Å². The minimum Gasteiger partial charge on any atom is -0.481 e. The fourth-order valence-electron chi connectivity index (χ4n) is 1.02. The van der Waals surface area contributed by atoms with E-state index in [9.17, 15) is 19.2 Å². The van der Waals surface area contributed by atoms with Gasteiger partial charge in [0.15, 0.2) is 11.6 Å². The van der Waals surface area contributed by atoms with E-state index in [0.717, 1.165) is 4.90 Å². The van der Waals surface area contributed by atoms with Gasteiger partial charge in [0.1, 0.15) is 6.54 Å². The first-order chi connectivity index (χ1) is 10.4. The van der Waals surface area contributed by atoms with Crippen LogP contribution in [0.2, 0.25) is 0 Å². The highest BCUT2D eigenvalue weighted by molar-refractivity contribution is 5.88. The molecule has 0 aromatic carbocycles. The lowest BCUT2D eigenvalue weighted by molar-refractivity contribution is -0.238. The van der Waals surface area contributed by atoms with E-state index in [1.807, 2.05) is 0 Å². The summed E-state index contributed by atoms with van der Waals surface area (Å²) in [6.45, 7) is -0.227. The van der Waals surface area contributed by atoms with E-state index in [-0.39, 0.29) is 12.5 Å². The third kappa shape index (κ3) is 10.4. The SMILES string of the molecule is CN(CC(=O)O)C(=N)N.O=C(O)CC(O)(CC(=O)OO)C(=O)O. The van der Waals surface area contributed by atoms with Crippen molar-refractivity contribution >= 4 is 29.8 Å². The Morgan fingerprint density at radius 3 is 1.83 bits per heavy atom. The molecule has 13 heteroatoms. The second kappa shape index (κ2) is 9.91. The van der Waals surface area contributed by atoms with Gasteiger partial charge in [-0.05, 0) is 0 Å². The average molecular weight is 339 g/mol. The molecule has 0 rings (SSSR count). The molecule has 0 radical (unpaired) electrons. The predicted octanol–water partition coefficient (Wildman–Crippen LogP) is -2.42. The molecule has 8 N–H and O–H groups in total. The van der Waals surface area contributed by atoms with Crippen molar-refractivity contribution in [2.24, 2.45) is 5.73 Å². The first-order valence-corrected chi connectivity index (χ1v) is 5.64. The number of carbonyl (C=O) groups excluding carboxylic acids is 1. The largest absolute Gasteiger partial charge is 0.481 e. The highest BCUT2D eigenvalue weighted by Crippen LogP contribution is 2.16. The third-order valence-corrected chi connectivity index (χ3v) is 2.16. The molecule has 0 heterocycles. The molecule has 1 atom stereocenters. The molecule has 0 aromatic heterocycles. The molecule has 0 aliphatic heterocycles. The first-order valence-electron chi connectivity index (χ1n) is 5.64. The highest BCUT2D eigenvalue weighted by Gasteiger charge is 2.41. The van der Waals surface area contributed by atoms with Crippen molar-refractivity contribution in [3.8, 4) is 0 Å². The molecule has 0 saturated carbocycles. The summed E-state index contributed by atoms with van der Waals surface area (Å²) < 4.78 is 0. The summed E-state index contributed by atoms with van der Waals surface area (Å²) in [5.41, 5.74) is 2.16. The Labute approximate surface area is 128 Å². The van der Waals surface area contributed by atoms with Crippen molar-refractivity contribution in [2.75, 3.05) is 13.6 Å². The average Bonchev–Trinajstić information content (AvgIpc) is 2.37. The number of hydrogen-bond donors (Lipinski definition) is 7. The molecule has 0 bridgehead atoms. The van der Waals surface area contributed by atoms with Gasteiger partial charge in [-0.15, -0.1) is 0 Å². The van der Waals surface area contributed by atoms with Gasteiger partial charge in [-0.25, -0.2) is 9.59 Å². The Morgan fingerprint density at radius 2 is 1.61 bits per heavy atom. The number of nitrogens with zero attached hydrogens (tertiary/aromatic N) is 1. The molecule has 0 spiro atoms. The lowest BCUT2D eigenvalue weighted by Crippen LogP contribution is -2.43. The van der Waals surface area contributed by atoms with Crippen LogP contribution in [0.5, 0.6) is 0 Å².